The first kappa shape index (κ1) is 11.3. The van der Waals surface area contributed by atoms with Gasteiger partial charge in [-0.15, -0.1) is 0 Å². The highest BCUT2D eigenvalue weighted by atomic mass is 16.5. The van der Waals surface area contributed by atoms with E-state index in [1.165, 1.54) is 0 Å². The Labute approximate surface area is 100 Å². The van der Waals surface area contributed by atoms with Crippen LogP contribution in [0.3, 0.4) is 0 Å². The first-order chi connectivity index (χ1) is 8.26. The van der Waals surface area contributed by atoms with E-state index in [1.54, 1.807) is 32.7 Å². The summed E-state index contributed by atoms with van der Waals surface area (Å²) in [5.74, 6) is 1.42. The molecule has 0 saturated heterocycles. The number of rotatable bonds is 3. The molecule has 0 bridgehead atoms. The summed E-state index contributed by atoms with van der Waals surface area (Å²) >= 11 is 0. The lowest BCUT2D eigenvalue weighted by Gasteiger charge is -2.10. The van der Waals surface area contributed by atoms with E-state index in [0.717, 1.165) is 16.9 Å². The Morgan fingerprint density at radius 3 is 2.53 bits per heavy atom. The van der Waals surface area contributed by atoms with Crippen LogP contribution in [0.15, 0.2) is 36.7 Å². The molecule has 0 unspecified atom stereocenters. The van der Waals surface area contributed by atoms with E-state index < -0.39 is 0 Å². The highest BCUT2D eigenvalue weighted by Crippen LogP contribution is 2.33. The maximum absolute atomic E-state index is 5.78. The van der Waals surface area contributed by atoms with Crippen molar-refractivity contribution in [1.82, 2.24) is 4.98 Å². The van der Waals surface area contributed by atoms with Crippen molar-refractivity contribution < 1.29 is 9.47 Å². The Bertz CT molecular complexity index is 527. The fourth-order valence-corrected chi connectivity index (χ4v) is 1.66. The molecule has 4 heteroatoms. The number of hydrogen-bond acceptors (Lipinski definition) is 4. The standard InChI is InChI=1S/C13H14N2O2/c1-16-12-5-6-15-8-10(12)9-3-4-11(14)13(7-9)17-2/h3-8H,14H2,1-2H3. The number of ether oxygens (including phenoxy) is 2. The van der Waals surface area contributed by atoms with E-state index in [-0.39, 0.29) is 0 Å². The molecule has 2 N–H and O–H groups in total. The lowest BCUT2D eigenvalue weighted by atomic mass is 10.1. The molecule has 0 aliphatic heterocycles. The van der Waals surface area contributed by atoms with E-state index in [1.807, 2.05) is 18.2 Å². The number of anilines is 1. The van der Waals surface area contributed by atoms with Gasteiger partial charge in [0.15, 0.2) is 0 Å². The van der Waals surface area contributed by atoms with E-state index in [2.05, 4.69) is 4.98 Å². The van der Waals surface area contributed by atoms with Crippen molar-refractivity contribution in [3.8, 4) is 22.6 Å². The minimum Gasteiger partial charge on any atom is -0.496 e. The lowest BCUT2D eigenvalue weighted by molar-refractivity contribution is 0.414. The van der Waals surface area contributed by atoms with Gasteiger partial charge in [-0.3, -0.25) is 4.98 Å². The van der Waals surface area contributed by atoms with Crippen LogP contribution < -0.4 is 15.2 Å². The summed E-state index contributed by atoms with van der Waals surface area (Å²) in [6.07, 6.45) is 3.45. The molecule has 17 heavy (non-hydrogen) atoms. The third kappa shape index (κ3) is 2.15. The maximum Gasteiger partial charge on any atom is 0.142 e. The van der Waals surface area contributed by atoms with E-state index >= 15 is 0 Å². The van der Waals surface area contributed by atoms with E-state index in [0.29, 0.717) is 11.4 Å². The minimum atomic E-state index is 0.610. The Morgan fingerprint density at radius 1 is 1.06 bits per heavy atom. The van der Waals surface area contributed by atoms with Crippen molar-refractivity contribution in [2.45, 2.75) is 0 Å². The van der Waals surface area contributed by atoms with Crippen molar-refractivity contribution in [2.75, 3.05) is 20.0 Å². The summed E-state index contributed by atoms with van der Waals surface area (Å²) in [6, 6.07) is 7.41. The number of methoxy groups -OCH3 is 2. The molecule has 0 spiro atoms. The normalized spacial score (nSPS) is 10.0. The van der Waals surface area contributed by atoms with Gasteiger partial charge in [0, 0.05) is 18.0 Å². The van der Waals surface area contributed by atoms with Crippen LogP contribution in [0.4, 0.5) is 5.69 Å². The summed E-state index contributed by atoms with van der Waals surface area (Å²) < 4.78 is 10.5. The largest absolute Gasteiger partial charge is 0.496 e. The Hall–Kier alpha value is -2.23. The van der Waals surface area contributed by atoms with Crippen molar-refractivity contribution >= 4 is 5.69 Å². The first-order valence-corrected chi connectivity index (χ1v) is 5.18. The number of nitrogen functional groups attached to an aromatic ring is 1. The van der Waals surface area contributed by atoms with Crippen LogP contribution in [0.2, 0.25) is 0 Å². The highest BCUT2D eigenvalue weighted by molar-refractivity contribution is 5.73. The SMILES string of the molecule is COc1cc(-c2cnccc2OC)ccc1N. The fraction of sp³-hybridized carbons (Fsp3) is 0.154. The van der Waals surface area contributed by atoms with Gasteiger partial charge in [-0.05, 0) is 23.8 Å². The summed E-state index contributed by atoms with van der Waals surface area (Å²) in [5, 5.41) is 0. The number of nitrogens with two attached hydrogens (primary N) is 1. The van der Waals surface area contributed by atoms with Gasteiger partial charge in [0.2, 0.25) is 0 Å². The lowest BCUT2D eigenvalue weighted by Crippen LogP contribution is -1.94. The molecular weight excluding hydrogens is 216 g/mol. The molecule has 1 aromatic heterocycles. The van der Waals surface area contributed by atoms with Crippen molar-refractivity contribution in [3.05, 3.63) is 36.7 Å². The minimum absolute atomic E-state index is 0.610. The first-order valence-electron chi connectivity index (χ1n) is 5.18. The van der Waals surface area contributed by atoms with Crippen LogP contribution in [0.1, 0.15) is 0 Å². The van der Waals surface area contributed by atoms with Gasteiger partial charge in [0.25, 0.3) is 0 Å². The predicted molar refractivity (Wildman–Crippen MR) is 67.2 cm³/mol. The van der Waals surface area contributed by atoms with Crippen LogP contribution in [0, 0.1) is 0 Å². The molecule has 0 amide bonds. The molecule has 1 aromatic carbocycles. The molecule has 2 rings (SSSR count). The quantitative estimate of drug-likeness (QED) is 0.822. The van der Waals surface area contributed by atoms with Crippen LogP contribution in [-0.2, 0) is 0 Å². The van der Waals surface area contributed by atoms with Gasteiger partial charge in [-0.1, -0.05) is 6.07 Å². The molecule has 4 nitrogen and oxygen atoms in total. The van der Waals surface area contributed by atoms with Gasteiger partial charge in [0.05, 0.1) is 19.9 Å². The van der Waals surface area contributed by atoms with Crippen molar-refractivity contribution in [3.63, 3.8) is 0 Å². The summed E-state index contributed by atoms with van der Waals surface area (Å²) in [7, 11) is 3.23. The average molecular weight is 230 g/mol. The second-order valence-electron chi connectivity index (χ2n) is 3.53. The second-order valence-corrected chi connectivity index (χ2v) is 3.53. The Kier molecular flexibility index (Phi) is 3.14. The number of nitrogens with zero attached hydrogens (tertiary/aromatic N) is 1. The van der Waals surface area contributed by atoms with Gasteiger partial charge in [-0.25, -0.2) is 0 Å². The summed E-state index contributed by atoms with van der Waals surface area (Å²) in [6.45, 7) is 0. The molecule has 2 aromatic rings. The second kappa shape index (κ2) is 4.74. The van der Waals surface area contributed by atoms with E-state index in [4.69, 9.17) is 15.2 Å². The molecule has 0 saturated carbocycles. The molecular formula is C13H14N2O2. The molecule has 0 radical (unpaired) electrons. The van der Waals surface area contributed by atoms with Gasteiger partial charge in [0.1, 0.15) is 11.5 Å². The molecule has 1 heterocycles. The number of hydrogen-bond donors (Lipinski definition) is 1. The number of aromatic nitrogens is 1. The van der Waals surface area contributed by atoms with Crippen LogP contribution in [0.5, 0.6) is 11.5 Å². The van der Waals surface area contributed by atoms with Gasteiger partial charge < -0.3 is 15.2 Å². The van der Waals surface area contributed by atoms with Gasteiger partial charge in [-0.2, -0.15) is 0 Å². The highest BCUT2D eigenvalue weighted by Gasteiger charge is 2.08. The molecule has 88 valence electrons. The zero-order chi connectivity index (χ0) is 12.3. The fourth-order valence-electron chi connectivity index (χ4n) is 1.66. The zero-order valence-electron chi connectivity index (χ0n) is 9.81. The van der Waals surface area contributed by atoms with E-state index in [9.17, 15) is 0 Å². The summed E-state index contributed by atoms with van der Waals surface area (Å²) in [4.78, 5) is 4.10. The molecule has 0 aliphatic carbocycles. The maximum atomic E-state index is 5.78. The topological polar surface area (TPSA) is 57.4 Å². The number of pyridine rings is 1. The predicted octanol–water partition coefficient (Wildman–Crippen LogP) is 2.35. The van der Waals surface area contributed by atoms with Crippen molar-refractivity contribution in [2.24, 2.45) is 0 Å². The van der Waals surface area contributed by atoms with Crippen LogP contribution in [-0.4, -0.2) is 19.2 Å². The van der Waals surface area contributed by atoms with Crippen molar-refractivity contribution in [1.29, 1.82) is 0 Å². The molecule has 0 aliphatic rings. The molecule has 0 atom stereocenters. The number of benzene rings is 1. The van der Waals surface area contributed by atoms with Gasteiger partial charge >= 0.3 is 0 Å². The van der Waals surface area contributed by atoms with Crippen LogP contribution >= 0.6 is 0 Å². The van der Waals surface area contributed by atoms with Crippen LogP contribution in [0.25, 0.3) is 11.1 Å². The smallest absolute Gasteiger partial charge is 0.142 e. The monoisotopic (exact) mass is 230 g/mol. The third-order valence-electron chi connectivity index (χ3n) is 2.55. The third-order valence-corrected chi connectivity index (χ3v) is 2.55. The Balaban J connectivity index is 2.53. The zero-order valence-corrected chi connectivity index (χ0v) is 9.81. The average Bonchev–Trinajstić information content (AvgIpc) is 2.39. The molecule has 0 fully saturated rings. The summed E-state index contributed by atoms with van der Waals surface area (Å²) in [5.41, 5.74) is 8.26. The Morgan fingerprint density at radius 2 is 1.82 bits per heavy atom.